The van der Waals surface area contributed by atoms with E-state index in [4.69, 9.17) is 0 Å². The number of amides is 1. The summed E-state index contributed by atoms with van der Waals surface area (Å²) in [5.41, 5.74) is 1.60. The lowest BCUT2D eigenvalue weighted by atomic mass is 9.67. The molecule has 21 heavy (non-hydrogen) atoms. The number of nitrogens with zero attached hydrogens (tertiary/aromatic N) is 1. The topological polar surface area (TPSA) is 20.3 Å². The van der Waals surface area contributed by atoms with Gasteiger partial charge in [-0.05, 0) is 38.8 Å². The van der Waals surface area contributed by atoms with Crippen LogP contribution in [-0.2, 0) is 10.2 Å². The second kappa shape index (κ2) is 4.33. The van der Waals surface area contributed by atoms with E-state index >= 15 is 0 Å². The van der Waals surface area contributed by atoms with Crippen molar-refractivity contribution in [1.82, 2.24) is 4.90 Å². The number of benzene rings is 1. The fourth-order valence-corrected chi connectivity index (χ4v) is 3.96. The zero-order valence-electron chi connectivity index (χ0n) is 13.3. The van der Waals surface area contributed by atoms with Gasteiger partial charge in [0.15, 0.2) is 0 Å². The van der Waals surface area contributed by atoms with E-state index in [1.54, 1.807) is 0 Å². The minimum absolute atomic E-state index is 0.0482. The summed E-state index contributed by atoms with van der Waals surface area (Å²) in [6, 6.07) is 8.28. The SMILES string of the molecule is C=C[C@H]1[C@@H]2C=Cc3ccccc3[C@]2(C)C(=O)N1C(C)(C)C. The predicted octanol–water partition coefficient (Wildman–Crippen LogP) is 3.78. The van der Waals surface area contributed by atoms with Gasteiger partial charge in [0.2, 0.25) is 5.91 Å². The van der Waals surface area contributed by atoms with Gasteiger partial charge in [0.25, 0.3) is 0 Å². The van der Waals surface area contributed by atoms with Crippen LogP contribution in [0.25, 0.3) is 6.08 Å². The van der Waals surface area contributed by atoms with Gasteiger partial charge in [-0.2, -0.15) is 0 Å². The molecular weight excluding hydrogens is 258 g/mol. The molecular formula is C19H23NO. The summed E-state index contributed by atoms with van der Waals surface area (Å²) >= 11 is 0. The Hall–Kier alpha value is -1.83. The van der Waals surface area contributed by atoms with E-state index in [9.17, 15) is 4.79 Å². The van der Waals surface area contributed by atoms with Crippen LogP contribution in [0.3, 0.4) is 0 Å². The predicted molar refractivity (Wildman–Crippen MR) is 86.9 cm³/mol. The summed E-state index contributed by atoms with van der Waals surface area (Å²) in [5.74, 6) is 0.360. The Balaban J connectivity index is 2.22. The van der Waals surface area contributed by atoms with Gasteiger partial charge in [0.1, 0.15) is 0 Å². The van der Waals surface area contributed by atoms with Gasteiger partial charge in [-0.15, -0.1) is 6.58 Å². The van der Waals surface area contributed by atoms with Gasteiger partial charge >= 0.3 is 0 Å². The molecule has 3 rings (SSSR count). The number of rotatable bonds is 1. The first kappa shape index (κ1) is 14.1. The third-order valence-corrected chi connectivity index (χ3v) is 4.96. The quantitative estimate of drug-likeness (QED) is 0.717. The van der Waals surface area contributed by atoms with Crippen molar-refractivity contribution in [1.29, 1.82) is 0 Å². The van der Waals surface area contributed by atoms with Gasteiger partial charge in [-0.3, -0.25) is 4.79 Å². The highest BCUT2D eigenvalue weighted by Crippen LogP contribution is 2.50. The molecule has 1 aromatic carbocycles. The first-order valence-electron chi connectivity index (χ1n) is 7.56. The van der Waals surface area contributed by atoms with Crippen LogP contribution in [0.5, 0.6) is 0 Å². The molecule has 0 saturated carbocycles. The van der Waals surface area contributed by atoms with Crippen LogP contribution >= 0.6 is 0 Å². The average molecular weight is 281 g/mol. The number of hydrogen-bond donors (Lipinski definition) is 0. The Morgan fingerprint density at radius 2 is 1.95 bits per heavy atom. The second-order valence-electron chi connectivity index (χ2n) is 7.25. The van der Waals surface area contributed by atoms with Gasteiger partial charge < -0.3 is 4.90 Å². The Morgan fingerprint density at radius 3 is 2.57 bits per heavy atom. The maximum atomic E-state index is 13.3. The molecule has 0 radical (unpaired) electrons. The maximum Gasteiger partial charge on any atom is 0.234 e. The zero-order chi connectivity index (χ0) is 15.4. The highest BCUT2D eigenvalue weighted by Gasteiger charge is 2.58. The molecule has 0 aromatic heterocycles. The van der Waals surface area contributed by atoms with Crippen molar-refractivity contribution in [3.63, 3.8) is 0 Å². The van der Waals surface area contributed by atoms with Crippen LogP contribution in [0.15, 0.2) is 43.0 Å². The van der Waals surface area contributed by atoms with Crippen LogP contribution in [0.1, 0.15) is 38.8 Å². The smallest absolute Gasteiger partial charge is 0.234 e. The van der Waals surface area contributed by atoms with E-state index in [0.717, 1.165) is 11.1 Å². The Labute approximate surface area is 127 Å². The third kappa shape index (κ3) is 1.75. The zero-order valence-corrected chi connectivity index (χ0v) is 13.3. The van der Waals surface area contributed by atoms with E-state index in [1.165, 1.54) is 0 Å². The molecule has 2 nitrogen and oxygen atoms in total. The van der Waals surface area contributed by atoms with E-state index in [-0.39, 0.29) is 23.4 Å². The standard InChI is InChI=1S/C19H23NO/c1-6-16-15-12-11-13-9-7-8-10-14(13)19(15,5)17(21)20(16)18(2,3)4/h6-12,15-16H,1H2,2-5H3/t15-,16-,19-/m0/s1. The normalized spacial score (nSPS) is 31.0. The van der Waals surface area contributed by atoms with Gasteiger partial charge in [-0.1, -0.05) is 42.5 Å². The number of carbonyl (C=O) groups is 1. The van der Waals surface area contributed by atoms with E-state index < -0.39 is 5.41 Å². The molecule has 0 spiro atoms. The van der Waals surface area contributed by atoms with Crippen molar-refractivity contribution >= 4 is 12.0 Å². The van der Waals surface area contributed by atoms with Gasteiger partial charge in [0.05, 0.1) is 11.5 Å². The van der Waals surface area contributed by atoms with Crippen molar-refractivity contribution in [2.24, 2.45) is 5.92 Å². The van der Waals surface area contributed by atoms with Gasteiger partial charge in [0, 0.05) is 11.5 Å². The molecule has 2 aliphatic rings. The first-order valence-corrected chi connectivity index (χ1v) is 7.56. The number of likely N-dealkylation sites (tertiary alicyclic amines) is 1. The summed E-state index contributed by atoms with van der Waals surface area (Å²) in [7, 11) is 0. The molecule has 1 heterocycles. The Kier molecular flexibility index (Phi) is 2.91. The fraction of sp³-hybridized carbons (Fsp3) is 0.421. The summed E-state index contributed by atoms with van der Waals surface area (Å²) in [6.45, 7) is 12.4. The molecule has 1 aliphatic heterocycles. The number of fused-ring (bicyclic) bond motifs is 3. The number of hydrogen-bond acceptors (Lipinski definition) is 1. The Morgan fingerprint density at radius 1 is 1.29 bits per heavy atom. The molecule has 1 amide bonds. The van der Waals surface area contributed by atoms with E-state index in [1.807, 2.05) is 23.1 Å². The van der Waals surface area contributed by atoms with E-state index in [2.05, 4.69) is 58.6 Å². The van der Waals surface area contributed by atoms with Crippen molar-refractivity contribution in [2.45, 2.75) is 44.7 Å². The molecule has 1 aromatic rings. The van der Waals surface area contributed by atoms with E-state index in [0.29, 0.717) is 0 Å². The summed E-state index contributed by atoms with van der Waals surface area (Å²) < 4.78 is 0. The molecule has 1 saturated heterocycles. The minimum Gasteiger partial charge on any atom is -0.330 e. The molecule has 2 heteroatoms. The molecule has 3 atom stereocenters. The lowest BCUT2D eigenvalue weighted by Gasteiger charge is -2.37. The highest BCUT2D eigenvalue weighted by atomic mass is 16.2. The molecule has 1 aliphatic carbocycles. The average Bonchev–Trinajstić information content (AvgIpc) is 2.67. The minimum atomic E-state index is -0.489. The van der Waals surface area contributed by atoms with Crippen LogP contribution in [-0.4, -0.2) is 22.4 Å². The first-order chi connectivity index (χ1) is 9.81. The molecule has 0 bridgehead atoms. The Bertz CT molecular complexity index is 637. The van der Waals surface area contributed by atoms with Crippen molar-refractivity contribution in [3.05, 3.63) is 54.1 Å². The highest BCUT2D eigenvalue weighted by molar-refractivity contribution is 5.94. The van der Waals surface area contributed by atoms with Crippen molar-refractivity contribution in [3.8, 4) is 0 Å². The van der Waals surface area contributed by atoms with Crippen molar-refractivity contribution in [2.75, 3.05) is 0 Å². The molecule has 1 fully saturated rings. The van der Waals surface area contributed by atoms with Crippen LogP contribution in [0.2, 0.25) is 0 Å². The monoisotopic (exact) mass is 281 g/mol. The maximum absolute atomic E-state index is 13.3. The van der Waals surface area contributed by atoms with Crippen LogP contribution < -0.4 is 0 Å². The van der Waals surface area contributed by atoms with Gasteiger partial charge in [-0.25, -0.2) is 0 Å². The lowest BCUT2D eigenvalue weighted by molar-refractivity contribution is -0.137. The second-order valence-corrected chi connectivity index (χ2v) is 7.25. The largest absolute Gasteiger partial charge is 0.330 e. The summed E-state index contributed by atoms with van der Waals surface area (Å²) in [6.07, 6.45) is 6.27. The molecule has 110 valence electrons. The van der Waals surface area contributed by atoms with Crippen LogP contribution in [0.4, 0.5) is 0 Å². The molecule has 0 unspecified atom stereocenters. The van der Waals surface area contributed by atoms with Crippen molar-refractivity contribution < 1.29 is 4.79 Å². The molecule has 0 N–H and O–H groups in total. The third-order valence-electron chi connectivity index (χ3n) is 4.96. The number of carbonyl (C=O) groups excluding carboxylic acids is 1. The summed E-state index contributed by atoms with van der Waals surface area (Å²) in [5, 5.41) is 0. The summed E-state index contributed by atoms with van der Waals surface area (Å²) in [4.78, 5) is 15.3. The lowest BCUT2D eigenvalue weighted by Crippen LogP contribution is -2.48. The van der Waals surface area contributed by atoms with Crippen LogP contribution in [0, 0.1) is 5.92 Å². The fourth-order valence-electron chi connectivity index (χ4n) is 3.96.